The van der Waals surface area contributed by atoms with E-state index in [2.05, 4.69) is 20.6 Å². The van der Waals surface area contributed by atoms with Crippen molar-refractivity contribution in [3.05, 3.63) is 47.4 Å². The number of amides is 1. The molecule has 2 N–H and O–H groups in total. The number of nitrogens with one attached hydrogen (secondary N) is 2. The van der Waals surface area contributed by atoms with Crippen molar-refractivity contribution >= 4 is 17.4 Å². The second-order valence-electron chi connectivity index (χ2n) is 6.37. The summed E-state index contributed by atoms with van der Waals surface area (Å²) in [5.74, 6) is 0.390. The molecule has 0 aliphatic rings. The molecule has 1 amide bonds. The molecule has 0 bridgehead atoms. The van der Waals surface area contributed by atoms with Crippen LogP contribution < -0.4 is 10.6 Å². The molecule has 5 heteroatoms. The van der Waals surface area contributed by atoms with Gasteiger partial charge in [0.2, 0.25) is 0 Å². The van der Waals surface area contributed by atoms with E-state index in [-0.39, 0.29) is 11.4 Å². The molecule has 0 aliphatic heterocycles. The van der Waals surface area contributed by atoms with E-state index in [9.17, 15) is 4.79 Å². The number of aryl methyl sites for hydroxylation is 1. The fraction of sp³-hybridized carbons (Fsp3) is 0.353. The zero-order chi connectivity index (χ0) is 16.3. The van der Waals surface area contributed by atoms with Crippen molar-refractivity contribution in [1.29, 1.82) is 0 Å². The maximum atomic E-state index is 12.4. The molecule has 0 saturated carbocycles. The topological polar surface area (TPSA) is 66.9 Å². The van der Waals surface area contributed by atoms with Crippen LogP contribution in [-0.4, -0.2) is 21.4 Å². The minimum atomic E-state index is -0.243. The van der Waals surface area contributed by atoms with Crippen LogP contribution in [0.4, 0.5) is 11.5 Å². The van der Waals surface area contributed by atoms with Gasteiger partial charge in [0, 0.05) is 17.3 Å². The number of benzene rings is 1. The summed E-state index contributed by atoms with van der Waals surface area (Å²) in [4.78, 5) is 20.6. The van der Waals surface area contributed by atoms with Gasteiger partial charge in [-0.15, -0.1) is 0 Å². The van der Waals surface area contributed by atoms with E-state index < -0.39 is 0 Å². The van der Waals surface area contributed by atoms with Crippen molar-refractivity contribution < 1.29 is 4.79 Å². The zero-order valence-electron chi connectivity index (χ0n) is 13.7. The predicted octanol–water partition coefficient (Wildman–Crippen LogP) is 3.56. The Labute approximate surface area is 131 Å². The second kappa shape index (κ2) is 6.13. The first-order valence-corrected chi connectivity index (χ1v) is 7.24. The molecule has 22 heavy (non-hydrogen) atoms. The molecule has 2 rings (SSSR count). The van der Waals surface area contributed by atoms with Crippen molar-refractivity contribution in [2.45, 2.75) is 40.2 Å². The van der Waals surface area contributed by atoms with E-state index in [4.69, 9.17) is 0 Å². The van der Waals surface area contributed by atoms with E-state index in [1.807, 2.05) is 52.8 Å². The fourth-order valence-electron chi connectivity index (χ4n) is 2.01. The number of aromatic nitrogens is 2. The minimum Gasteiger partial charge on any atom is -0.365 e. The number of hydrogen-bond donors (Lipinski definition) is 2. The number of rotatable bonds is 3. The maximum Gasteiger partial charge on any atom is 0.274 e. The smallest absolute Gasteiger partial charge is 0.274 e. The molecule has 0 unspecified atom stereocenters. The Kier molecular flexibility index (Phi) is 4.45. The first kappa shape index (κ1) is 15.9. The predicted molar refractivity (Wildman–Crippen MR) is 89.3 cm³/mol. The summed E-state index contributed by atoms with van der Waals surface area (Å²) < 4.78 is 0. The fourth-order valence-corrected chi connectivity index (χ4v) is 2.01. The Hall–Kier alpha value is -2.43. The number of nitrogens with zero attached hydrogens (tertiary/aromatic N) is 2. The lowest BCUT2D eigenvalue weighted by atomic mass is 10.1. The number of carbonyl (C=O) groups is 1. The van der Waals surface area contributed by atoms with Crippen LogP contribution in [0.2, 0.25) is 0 Å². The van der Waals surface area contributed by atoms with E-state index >= 15 is 0 Å². The summed E-state index contributed by atoms with van der Waals surface area (Å²) in [5.41, 5.74) is 3.19. The van der Waals surface area contributed by atoms with Crippen LogP contribution in [0.3, 0.4) is 0 Å². The molecule has 0 aliphatic carbocycles. The zero-order valence-corrected chi connectivity index (χ0v) is 13.7. The molecule has 5 nitrogen and oxygen atoms in total. The molecular weight excluding hydrogens is 276 g/mol. The Morgan fingerprint density at radius 2 is 1.86 bits per heavy atom. The summed E-state index contributed by atoms with van der Waals surface area (Å²) in [5, 5.41) is 6.13. The first-order valence-electron chi connectivity index (χ1n) is 7.24. The van der Waals surface area contributed by atoms with Crippen LogP contribution in [-0.2, 0) is 0 Å². The lowest BCUT2D eigenvalue weighted by Crippen LogP contribution is -2.27. The Morgan fingerprint density at radius 1 is 1.14 bits per heavy atom. The molecule has 2 aromatic rings. The SMILES string of the molecule is Cc1cccc(NC(=O)c2cc(NC(C)(C)C)ncn2)c1C. The molecule has 0 atom stereocenters. The van der Waals surface area contributed by atoms with Crippen LogP contribution in [0.15, 0.2) is 30.6 Å². The standard InChI is InChI=1S/C17H22N4O/c1-11-7-6-8-13(12(11)2)20-16(22)14-9-15(19-10-18-14)21-17(3,4)5/h6-10H,1-5H3,(H,20,22)(H,18,19,21). The average molecular weight is 298 g/mol. The van der Waals surface area contributed by atoms with Gasteiger partial charge in [0.05, 0.1) is 0 Å². The molecule has 0 saturated heterocycles. The van der Waals surface area contributed by atoms with Crippen LogP contribution in [0.25, 0.3) is 0 Å². The maximum absolute atomic E-state index is 12.4. The van der Waals surface area contributed by atoms with Gasteiger partial charge in [0.1, 0.15) is 17.8 Å². The molecule has 0 radical (unpaired) electrons. The molecular formula is C17H22N4O. The van der Waals surface area contributed by atoms with E-state index in [1.54, 1.807) is 6.07 Å². The highest BCUT2D eigenvalue weighted by Crippen LogP contribution is 2.19. The summed E-state index contributed by atoms with van der Waals surface area (Å²) in [6.45, 7) is 10.1. The highest BCUT2D eigenvalue weighted by atomic mass is 16.1. The Balaban J connectivity index is 2.19. The number of anilines is 2. The number of carbonyl (C=O) groups excluding carboxylic acids is 1. The van der Waals surface area contributed by atoms with Crippen molar-refractivity contribution in [3.8, 4) is 0 Å². The molecule has 1 aromatic carbocycles. The second-order valence-corrected chi connectivity index (χ2v) is 6.37. The van der Waals surface area contributed by atoms with Gasteiger partial charge in [-0.05, 0) is 51.8 Å². The molecule has 1 heterocycles. The lowest BCUT2D eigenvalue weighted by Gasteiger charge is -2.21. The summed E-state index contributed by atoms with van der Waals surface area (Å²) >= 11 is 0. The lowest BCUT2D eigenvalue weighted by molar-refractivity contribution is 0.102. The number of hydrogen-bond acceptors (Lipinski definition) is 4. The Morgan fingerprint density at radius 3 is 2.55 bits per heavy atom. The summed E-state index contributed by atoms with van der Waals surface area (Å²) in [7, 11) is 0. The summed E-state index contributed by atoms with van der Waals surface area (Å²) in [6, 6.07) is 7.48. The van der Waals surface area contributed by atoms with E-state index in [0.29, 0.717) is 11.5 Å². The highest BCUT2D eigenvalue weighted by Gasteiger charge is 2.14. The van der Waals surface area contributed by atoms with Gasteiger partial charge in [0.25, 0.3) is 5.91 Å². The molecule has 0 spiro atoms. The molecule has 116 valence electrons. The third kappa shape index (κ3) is 4.04. The van der Waals surface area contributed by atoms with Crippen molar-refractivity contribution in [3.63, 3.8) is 0 Å². The van der Waals surface area contributed by atoms with Gasteiger partial charge in [-0.1, -0.05) is 12.1 Å². The monoisotopic (exact) mass is 298 g/mol. The Bertz CT molecular complexity index is 689. The largest absolute Gasteiger partial charge is 0.365 e. The van der Waals surface area contributed by atoms with Gasteiger partial charge in [0.15, 0.2) is 0 Å². The van der Waals surface area contributed by atoms with Gasteiger partial charge in [-0.3, -0.25) is 4.79 Å². The minimum absolute atomic E-state index is 0.130. The third-order valence-electron chi connectivity index (χ3n) is 3.26. The average Bonchev–Trinajstić information content (AvgIpc) is 2.42. The van der Waals surface area contributed by atoms with E-state index in [0.717, 1.165) is 16.8 Å². The van der Waals surface area contributed by atoms with Crippen molar-refractivity contribution in [1.82, 2.24) is 9.97 Å². The molecule has 1 aromatic heterocycles. The van der Waals surface area contributed by atoms with Crippen molar-refractivity contribution in [2.75, 3.05) is 10.6 Å². The highest BCUT2D eigenvalue weighted by molar-refractivity contribution is 6.03. The van der Waals surface area contributed by atoms with Gasteiger partial charge in [-0.25, -0.2) is 9.97 Å². The van der Waals surface area contributed by atoms with E-state index in [1.165, 1.54) is 6.33 Å². The van der Waals surface area contributed by atoms with Crippen LogP contribution in [0.1, 0.15) is 42.4 Å². The quantitative estimate of drug-likeness (QED) is 0.909. The van der Waals surface area contributed by atoms with Crippen molar-refractivity contribution in [2.24, 2.45) is 0 Å². The van der Waals surface area contributed by atoms with Crippen LogP contribution >= 0.6 is 0 Å². The first-order chi connectivity index (χ1) is 10.3. The molecule has 0 fully saturated rings. The van der Waals surface area contributed by atoms with Gasteiger partial charge >= 0.3 is 0 Å². The summed E-state index contributed by atoms with van der Waals surface area (Å²) in [6.07, 6.45) is 1.39. The normalized spacial score (nSPS) is 11.1. The third-order valence-corrected chi connectivity index (χ3v) is 3.26. The van der Waals surface area contributed by atoms with Crippen LogP contribution in [0, 0.1) is 13.8 Å². The van der Waals surface area contributed by atoms with Gasteiger partial charge in [-0.2, -0.15) is 0 Å². The van der Waals surface area contributed by atoms with Gasteiger partial charge < -0.3 is 10.6 Å². The van der Waals surface area contributed by atoms with Crippen LogP contribution in [0.5, 0.6) is 0 Å².